The second-order valence-corrected chi connectivity index (χ2v) is 17.1. The van der Waals surface area contributed by atoms with E-state index in [0.717, 1.165) is 26.7 Å². The van der Waals surface area contributed by atoms with Crippen molar-refractivity contribution in [3.05, 3.63) is 47.0 Å². The number of aliphatic hydroxyl groups excluding tert-OH is 10. The number of rotatable bonds is 18. The molecule has 68 heavy (non-hydrogen) atoms. The molecule has 24 heteroatoms. The Morgan fingerprint density at radius 3 is 1.53 bits per heavy atom. The Kier molecular flexibility index (Phi) is 19.9. The number of esters is 4. The molecule has 2 saturated heterocycles. The molecule has 4 aliphatic heterocycles. The molecular formula is C44H64O24. The van der Waals surface area contributed by atoms with Crippen LogP contribution in [-0.4, -0.2) is 202 Å². The molecule has 5 aliphatic rings. The Hall–Kier alpha value is -4.12. The summed E-state index contributed by atoms with van der Waals surface area (Å²) in [6, 6.07) is 0. The van der Waals surface area contributed by atoms with E-state index in [1.807, 2.05) is 0 Å². The number of allylic oxidation sites excluding steroid dienone is 2. The Morgan fingerprint density at radius 1 is 0.676 bits per heavy atom. The largest absolute Gasteiger partial charge is 0.468 e. The van der Waals surface area contributed by atoms with E-state index in [2.05, 4.69) is 0 Å². The topological polar surface area (TPSA) is 363 Å². The Morgan fingerprint density at radius 2 is 1.13 bits per heavy atom. The van der Waals surface area contributed by atoms with E-state index in [9.17, 15) is 70.2 Å². The van der Waals surface area contributed by atoms with Crippen LogP contribution < -0.4 is 0 Å². The summed E-state index contributed by atoms with van der Waals surface area (Å²) >= 11 is 0. The quantitative estimate of drug-likeness (QED) is 0.0365. The monoisotopic (exact) mass is 976 g/mol. The van der Waals surface area contributed by atoms with Crippen LogP contribution in [0.25, 0.3) is 0 Å². The average Bonchev–Trinajstić information content (AvgIpc) is 3.64. The first-order valence-electron chi connectivity index (χ1n) is 22.1. The van der Waals surface area contributed by atoms with Gasteiger partial charge in [0.25, 0.3) is 0 Å². The van der Waals surface area contributed by atoms with Crippen molar-refractivity contribution in [3.63, 3.8) is 0 Å². The second-order valence-electron chi connectivity index (χ2n) is 17.1. The van der Waals surface area contributed by atoms with Crippen LogP contribution in [0.15, 0.2) is 47.0 Å². The zero-order valence-electron chi connectivity index (χ0n) is 38.1. The molecular weight excluding hydrogens is 912 g/mol. The molecule has 384 valence electrons. The predicted octanol–water partition coefficient (Wildman–Crippen LogP) is -3.32. The van der Waals surface area contributed by atoms with Crippen molar-refractivity contribution in [3.8, 4) is 0 Å². The van der Waals surface area contributed by atoms with Crippen LogP contribution >= 0.6 is 0 Å². The van der Waals surface area contributed by atoms with Crippen molar-refractivity contribution in [2.24, 2.45) is 35.5 Å². The highest BCUT2D eigenvalue weighted by Gasteiger charge is 2.50. The fourth-order valence-corrected chi connectivity index (χ4v) is 9.29. The number of carbonyl (C=O) groups excluding carboxylic acids is 4. The summed E-state index contributed by atoms with van der Waals surface area (Å²) in [5.74, 6) is -7.88. The number of hydrogen-bond donors (Lipinski definition) is 10. The van der Waals surface area contributed by atoms with Gasteiger partial charge in [0.1, 0.15) is 54.9 Å². The summed E-state index contributed by atoms with van der Waals surface area (Å²) in [7, 11) is 2.24. The van der Waals surface area contributed by atoms with Crippen LogP contribution in [0.1, 0.15) is 40.0 Å². The predicted molar refractivity (Wildman–Crippen MR) is 223 cm³/mol. The van der Waals surface area contributed by atoms with Crippen LogP contribution in [0.5, 0.6) is 0 Å². The lowest BCUT2D eigenvalue weighted by atomic mass is 9.82. The molecule has 1 saturated carbocycles. The van der Waals surface area contributed by atoms with E-state index >= 15 is 0 Å². The molecule has 24 nitrogen and oxygen atoms in total. The number of hydrogen-bond acceptors (Lipinski definition) is 24. The number of aliphatic hydroxyl groups is 10. The molecule has 0 amide bonds. The summed E-state index contributed by atoms with van der Waals surface area (Å²) in [5, 5.41) is 102. The normalized spacial score (nSPS) is 38.9. The summed E-state index contributed by atoms with van der Waals surface area (Å²) in [6.45, 7) is 2.13. The maximum absolute atomic E-state index is 13.8. The highest BCUT2D eigenvalue weighted by molar-refractivity contribution is 5.91. The van der Waals surface area contributed by atoms with Crippen molar-refractivity contribution in [1.82, 2.24) is 0 Å². The van der Waals surface area contributed by atoms with Crippen LogP contribution in [0.4, 0.5) is 0 Å². The molecule has 4 heterocycles. The Balaban J connectivity index is 1.24. The van der Waals surface area contributed by atoms with Crippen molar-refractivity contribution in [2.75, 3.05) is 47.3 Å². The van der Waals surface area contributed by atoms with E-state index in [4.69, 9.17) is 47.4 Å². The van der Waals surface area contributed by atoms with Crippen LogP contribution in [-0.2, 0) is 66.5 Å². The maximum Gasteiger partial charge on any atom is 0.337 e. The highest BCUT2D eigenvalue weighted by atomic mass is 16.8. The fourth-order valence-electron chi connectivity index (χ4n) is 9.29. The minimum Gasteiger partial charge on any atom is -0.468 e. The molecule has 0 spiro atoms. The highest BCUT2D eigenvalue weighted by Crippen LogP contribution is 2.44. The van der Waals surface area contributed by atoms with Crippen LogP contribution in [0, 0.1) is 35.5 Å². The van der Waals surface area contributed by atoms with Crippen molar-refractivity contribution in [1.29, 1.82) is 0 Å². The summed E-state index contributed by atoms with van der Waals surface area (Å²) in [4.78, 5) is 53.1. The molecule has 5 rings (SSSR count). The first-order valence-corrected chi connectivity index (χ1v) is 22.1. The molecule has 19 atom stereocenters. The maximum atomic E-state index is 13.8. The van der Waals surface area contributed by atoms with Gasteiger partial charge >= 0.3 is 23.9 Å². The molecule has 0 radical (unpaired) electrons. The van der Waals surface area contributed by atoms with Gasteiger partial charge in [-0.3, -0.25) is 9.59 Å². The van der Waals surface area contributed by atoms with Crippen LogP contribution in [0.2, 0.25) is 0 Å². The summed E-state index contributed by atoms with van der Waals surface area (Å²) in [6.07, 6.45) is -15.8. The number of methoxy groups -OCH3 is 2. The molecule has 0 aromatic heterocycles. The third kappa shape index (κ3) is 11.9. The van der Waals surface area contributed by atoms with E-state index in [0.29, 0.717) is 0 Å². The first-order chi connectivity index (χ1) is 32.4. The molecule has 0 bridgehead atoms. The SMILES string of the molecule is C/C=C1/[C@H](O[C@@H]2O[C@H](CO)[C@@H](O)[C@H](O)[C@H]2O)OC=C(C(=O)OC)[C@H]1CC(=O)OCC(CO)[C@@H]1C[C@@H](OC(=O)C[C@@H]2C(C(=O)OC)=CO[C@@H](O[C@@H]3O[C@H](CO)[C@@H](O)[C@H](O)[C@H]3O)/C2=C/C)[C@H](C)[C@H]1CO. The van der Waals surface area contributed by atoms with Gasteiger partial charge in [-0.05, 0) is 38.0 Å². The smallest absolute Gasteiger partial charge is 0.337 e. The van der Waals surface area contributed by atoms with Gasteiger partial charge < -0.3 is 98.4 Å². The molecule has 10 N–H and O–H groups in total. The second kappa shape index (κ2) is 24.6. The fraction of sp³-hybridized carbons (Fsp3) is 0.727. The van der Waals surface area contributed by atoms with Crippen molar-refractivity contribution in [2.45, 2.75) is 120 Å². The molecule has 3 fully saturated rings. The Bertz CT molecular complexity index is 1860. The van der Waals surface area contributed by atoms with Gasteiger partial charge in [-0.1, -0.05) is 19.1 Å². The van der Waals surface area contributed by atoms with Gasteiger partial charge in [-0.15, -0.1) is 0 Å². The Labute approximate surface area is 390 Å². The lowest BCUT2D eigenvalue weighted by molar-refractivity contribution is -0.327. The molecule has 1 aliphatic carbocycles. The molecule has 0 aromatic carbocycles. The van der Waals surface area contributed by atoms with Gasteiger partial charge in [0, 0.05) is 42.1 Å². The van der Waals surface area contributed by atoms with Crippen molar-refractivity contribution < 1.29 is 118 Å². The van der Waals surface area contributed by atoms with E-state index < -0.39 is 179 Å². The minimum absolute atomic E-state index is 0.0905. The summed E-state index contributed by atoms with van der Waals surface area (Å²) < 4.78 is 55.2. The van der Waals surface area contributed by atoms with Gasteiger partial charge in [0.05, 0.1) is 70.6 Å². The average molecular weight is 977 g/mol. The van der Waals surface area contributed by atoms with Gasteiger partial charge in [-0.2, -0.15) is 0 Å². The van der Waals surface area contributed by atoms with Crippen molar-refractivity contribution >= 4 is 23.9 Å². The summed E-state index contributed by atoms with van der Waals surface area (Å²) in [5.41, 5.74) is 0.187. The van der Waals surface area contributed by atoms with E-state index in [1.54, 1.807) is 20.8 Å². The lowest BCUT2D eigenvalue weighted by Gasteiger charge is -2.42. The van der Waals surface area contributed by atoms with Gasteiger partial charge in [-0.25, -0.2) is 9.59 Å². The number of carbonyl (C=O) groups is 4. The molecule has 0 aromatic rings. The zero-order chi connectivity index (χ0) is 50.1. The zero-order valence-corrected chi connectivity index (χ0v) is 38.1. The third-order valence-electron chi connectivity index (χ3n) is 13.3. The molecule has 1 unspecified atom stereocenters. The lowest BCUT2D eigenvalue weighted by Crippen LogP contribution is -2.60. The van der Waals surface area contributed by atoms with Gasteiger partial charge in [0.15, 0.2) is 12.6 Å². The number of ether oxygens (including phenoxy) is 10. The standard InChI is InChI=1S/C44H64O24/c1-6-20-23(26(39(57)59-4)16-62-41(20)67-43-37(55)35(53)33(51)29(13-47)65-43)9-31(49)61-15-19(11-45)22-8-28(18(3)25(22)12-46)64-32(50)10-24-21(7-2)42(63-17-27(24)40(58)60-5)68-44-38(56)36(54)34(52)30(14-48)66-44/h6-7,16-19,22-25,28-30,33-38,41-48,51-56H,8-15H2,1-5H3/b20-6+,21-7+/t18-,19?,22+,23+,24+,25-,28-,29-,30-,33-,34-,35+,36+,37-,38-,41+,42+,43+,44+/m1/s1. The van der Waals surface area contributed by atoms with Crippen LogP contribution in [0.3, 0.4) is 0 Å². The van der Waals surface area contributed by atoms with E-state index in [1.165, 1.54) is 12.2 Å². The third-order valence-corrected chi connectivity index (χ3v) is 13.3. The first kappa shape index (κ1) is 54.8. The minimum atomic E-state index is -1.79. The van der Waals surface area contributed by atoms with Gasteiger partial charge in [0.2, 0.25) is 12.6 Å². The van der Waals surface area contributed by atoms with E-state index in [-0.39, 0.29) is 35.3 Å².